The Hall–Kier alpha value is -5.64. The number of ketones is 3. The number of imide groups is 1. The summed E-state index contributed by atoms with van der Waals surface area (Å²) in [6.07, 6.45) is -11.7. The predicted molar refractivity (Wildman–Crippen MR) is 266 cm³/mol. The highest BCUT2D eigenvalue weighted by atomic mass is 16.7. The van der Waals surface area contributed by atoms with Gasteiger partial charge in [0.1, 0.15) is 66.6 Å². The number of aliphatic hydroxyl groups is 6. The molecule has 3 fully saturated rings. The van der Waals surface area contributed by atoms with Gasteiger partial charge in [-0.1, -0.05) is 61.4 Å². The van der Waals surface area contributed by atoms with Gasteiger partial charge in [0.05, 0.1) is 45.1 Å². The number of carbonyl (C=O) groups excluding carboxylic acids is 8. The van der Waals surface area contributed by atoms with Crippen molar-refractivity contribution in [1.82, 2.24) is 20.6 Å². The summed E-state index contributed by atoms with van der Waals surface area (Å²) in [5, 5.41) is 65.7. The Labute approximate surface area is 445 Å². The summed E-state index contributed by atoms with van der Waals surface area (Å²) in [6, 6.07) is 13.9. The number of aliphatic hydroxyl groups excluding tert-OH is 6. The molecule has 3 heterocycles. The summed E-state index contributed by atoms with van der Waals surface area (Å²) in [5.74, 6) is -4.27. The van der Waals surface area contributed by atoms with Crippen molar-refractivity contribution in [2.24, 2.45) is 0 Å². The maximum Gasteiger partial charge on any atom is 0.407 e. The van der Waals surface area contributed by atoms with Crippen LogP contribution in [0.5, 0.6) is 0 Å². The number of nitrogens with one attached hydrogen (secondary N) is 2. The fourth-order valence-electron chi connectivity index (χ4n) is 9.45. The van der Waals surface area contributed by atoms with E-state index < -0.39 is 104 Å². The molecule has 0 saturated carbocycles. The maximum atomic E-state index is 13.2. The lowest BCUT2D eigenvalue weighted by atomic mass is 9.98. The van der Waals surface area contributed by atoms with Crippen molar-refractivity contribution in [3.05, 3.63) is 59.7 Å². The average Bonchev–Trinajstić information content (AvgIpc) is 3.91. The van der Waals surface area contributed by atoms with Crippen LogP contribution >= 0.6 is 0 Å². The zero-order chi connectivity index (χ0) is 55.8. The van der Waals surface area contributed by atoms with Crippen LogP contribution in [0.3, 0.4) is 0 Å². The Balaban J connectivity index is 0.929. The number of nitrogens with zero attached hydrogens (tertiary/aromatic N) is 2. The minimum Gasteiger partial charge on any atom is -0.449 e. The molecule has 11 atom stereocenters. The number of amides is 4. The fraction of sp³-hybridized carbons (Fsp3) is 0.623. The number of rotatable bonds is 30. The number of Topliss-reactive ketones (excluding diaryl/α,β-unsaturated/α-hetero) is 3. The molecule has 77 heavy (non-hydrogen) atoms. The first-order valence-electron chi connectivity index (χ1n) is 26.2. The van der Waals surface area contributed by atoms with Gasteiger partial charge in [-0.05, 0) is 61.8 Å². The van der Waals surface area contributed by atoms with Gasteiger partial charge in [0.15, 0.2) is 12.6 Å². The van der Waals surface area contributed by atoms with E-state index in [4.69, 9.17) is 28.5 Å². The smallest absolute Gasteiger partial charge is 0.407 e. The number of benzene rings is 2. The normalized spacial score (nSPS) is 25.5. The van der Waals surface area contributed by atoms with Gasteiger partial charge in [-0.25, -0.2) is 9.59 Å². The Morgan fingerprint density at radius 3 is 1.57 bits per heavy atom. The first-order valence-corrected chi connectivity index (χ1v) is 26.2. The number of fused-ring (bicyclic) bond motifs is 3. The van der Waals surface area contributed by atoms with Gasteiger partial charge < -0.3 is 69.8 Å². The number of hydrogen-bond donors (Lipinski definition) is 8. The van der Waals surface area contributed by atoms with E-state index in [1.165, 1.54) is 18.7 Å². The molecule has 4 amide bonds. The number of alkyl carbamates (subject to hydrolysis) is 1. The van der Waals surface area contributed by atoms with Crippen LogP contribution in [0, 0.1) is 0 Å². The quantitative estimate of drug-likeness (QED) is 0.0383. The molecule has 3 saturated heterocycles. The van der Waals surface area contributed by atoms with Gasteiger partial charge in [0.2, 0.25) is 5.91 Å². The monoisotopic (exact) mass is 1080 g/mol. The van der Waals surface area contributed by atoms with Crippen LogP contribution < -0.4 is 10.6 Å². The Morgan fingerprint density at radius 2 is 1.08 bits per heavy atom. The lowest BCUT2D eigenvalue weighted by molar-refractivity contribution is -0.293. The third kappa shape index (κ3) is 17.2. The summed E-state index contributed by atoms with van der Waals surface area (Å²) >= 11 is 0. The van der Waals surface area contributed by atoms with Crippen LogP contribution in [0.1, 0.15) is 108 Å². The number of ether oxygens (including phenoxy) is 5. The van der Waals surface area contributed by atoms with E-state index in [-0.39, 0.29) is 114 Å². The van der Waals surface area contributed by atoms with Crippen LogP contribution in [-0.2, 0) is 62.1 Å². The zero-order valence-electron chi connectivity index (χ0n) is 43.3. The van der Waals surface area contributed by atoms with Crippen LogP contribution in [-0.4, -0.2) is 201 Å². The van der Waals surface area contributed by atoms with Crippen molar-refractivity contribution in [3.8, 4) is 11.1 Å². The molecule has 24 nitrogen and oxygen atoms in total. The Bertz CT molecular complexity index is 2250. The van der Waals surface area contributed by atoms with E-state index >= 15 is 0 Å². The molecule has 1 aliphatic carbocycles. The predicted octanol–water partition coefficient (Wildman–Crippen LogP) is 0.216. The second kappa shape index (κ2) is 29.4. The molecule has 0 aromatic heterocycles. The Kier molecular flexibility index (Phi) is 23.1. The van der Waals surface area contributed by atoms with Crippen LogP contribution in [0.15, 0.2) is 48.5 Å². The molecule has 6 rings (SSSR count). The van der Waals surface area contributed by atoms with E-state index in [1.807, 2.05) is 48.5 Å². The molecule has 4 aliphatic rings. The third-order valence-electron chi connectivity index (χ3n) is 13.8. The highest BCUT2D eigenvalue weighted by molar-refractivity contribution is 6.02. The van der Waals surface area contributed by atoms with Gasteiger partial charge in [-0.3, -0.25) is 33.7 Å². The molecule has 3 aliphatic heterocycles. The van der Waals surface area contributed by atoms with E-state index in [9.17, 15) is 69.0 Å². The summed E-state index contributed by atoms with van der Waals surface area (Å²) < 4.78 is 27.5. The summed E-state index contributed by atoms with van der Waals surface area (Å²) in [6.45, 7) is 1.68. The number of carbonyl (C=O) groups is 8. The van der Waals surface area contributed by atoms with Crippen molar-refractivity contribution in [2.75, 3.05) is 46.0 Å². The molecule has 0 unspecified atom stereocenters. The van der Waals surface area contributed by atoms with Crippen molar-refractivity contribution in [2.45, 2.75) is 164 Å². The molecule has 0 spiro atoms. The van der Waals surface area contributed by atoms with E-state index in [0.717, 1.165) is 22.3 Å². The fourth-order valence-corrected chi connectivity index (χ4v) is 9.45. The van der Waals surface area contributed by atoms with Gasteiger partial charge in [0, 0.05) is 51.0 Å². The highest BCUT2D eigenvalue weighted by Gasteiger charge is 2.44. The number of hydroxylamine groups is 2. The minimum atomic E-state index is -1.55. The summed E-state index contributed by atoms with van der Waals surface area (Å²) in [7, 11) is 0. The van der Waals surface area contributed by atoms with Gasteiger partial charge in [0.25, 0.3) is 11.8 Å². The lowest BCUT2D eigenvalue weighted by Crippen LogP contribution is -2.57. The van der Waals surface area contributed by atoms with E-state index in [0.29, 0.717) is 30.7 Å². The van der Waals surface area contributed by atoms with E-state index in [2.05, 4.69) is 10.6 Å². The highest BCUT2D eigenvalue weighted by Crippen LogP contribution is 2.44. The van der Waals surface area contributed by atoms with Gasteiger partial charge >= 0.3 is 12.1 Å². The van der Waals surface area contributed by atoms with Gasteiger partial charge in [-0.2, -0.15) is 0 Å². The van der Waals surface area contributed by atoms with Crippen LogP contribution in [0.2, 0.25) is 0 Å². The SMILES string of the molecule is C[C@@H]1O[C@@H](OCCCC(=O)CN(CC(=O)CCCCCCC(=O)NC[C@@H](NC(=O)OCC2c3ccccc3-c3ccccc32)C(=O)ON2C(=O)CCC2=O)CC(=O)CCCO[C@@H]2O[C@@H](C)[C@@H](O)[C@@H](O)[C@@H]2O)[C@@H](O)[C@@H](O)[C@@H]1O. The number of unbranched alkanes of at least 4 members (excludes halogenated alkanes) is 3. The van der Waals surface area contributed by atoms with Crippen molar-refractivity contribution < 1.29 is 97.5 Å². The van der Waals surface area contributed by atoms with Crippen molar-refractivity contribution in [3.63, 3.8) is 0 Å². The van der Waals surface area contributed by atoms with Crippen LogP contribution in [0.4, 0.5) is 4.79 Å². The minimum absolute atomic E-state index is 0.00869. The molecule has 2 aromatic rings. The largest absolute Gasteiger partial charge is 0.449 e. The van der Waals surface area contributed by atoms with Crippen molar-refractivity contribution in [1.29, 1.82) is 0 Å². The third-order valence-corrected chi connectivity index (χ3v) is 13.8. The average molecular weight is 1090 g/mol. The molecular weight excluding hydrogens is 1010 g/mol. The second-order valence-electron chi connectivity index (χ2n) is 19.8. The Morgan fingerprint density at radius 1 is 0.623 bits per heavy atom. The van der Waals surface area contributed by atoms with Crippen LogP contribution in [0.25, 0.3) is 11.1 Å². The summed E-state index contributed by atoms with van der Waals surface area (Å²) in [5.41, 5.74) is 3.93. The van der Waals surface area contributed by atoms with Crippen molar-refractivity contribution >= 4 is 47.1 Å². The molecular formula is C53H72N4O20. The van der Waals surface area contributed by atoms with E-state index in [1.54, 1.807) is 0 Å². The zero-order valence-corrected chi connectivity index (χ0v) is 43.3. The topological polar surface area (TPSA) is 344 Å². The first-order chi connectivity index (χ1) is 36.8. The standard InChI is InChI=1S/C53H72N4O20/c1-30-44(64)46(66)48(68)51(75-30)72-23-11-14-33(59)27-56(28-34(60)15-12-24-73-52-49(69)47(67)45(65)31(2)76-52)26-32(58)13-5-3-4-6-20-41(61)54-25-40(50(70)77-57-42(62)21-22-43(57)63)55-53(71)74-29-39-37-18-9-7-16-35(37)36-17-8-10-19-38(36)39/h7-10,16-19,30-31,39-40,44-49,51-52,64-69H,3-6,11-15,20-29H2,1-2H3,(H,54,61)(H,55,71)/t30-,31-,40+,44+,45+,46-,47+,48-,49-,51+,52+/m0/s1. The lowest BCUT2D eigenvalue weighted by Gasteiger charge is -2.38. The molecule has 424 valence electrons. The second-order valence-corrected chi connectivity index (χ2v) is 19.8. The number of hydrogen-bond acceptors (Lipinski definition) is 21. The molecule has 0 bridgehead atoms. The molecule has 24 heteroatoms. The maximum absolute atomic E-state index is 13.2. The molecule has 8 N–H and O–H groups in total. The summed E-state index contributed by atoms with van der Waals surface area (Å²) in [4.78, 5) is 110. The molecule has 0 radical (unpaired) electrons. The molecule has 2 aromatic carbocycles. The van der Waals surface area contributed by atoms with Gasteiger partial charge in [-0.15, -0.1) is 5.06 Å². The first kappa shape index (κ1) is 60.6.